The highest BCUT2D eigenvalue weighted by Crippen LogP contribution is 2.33. The Hall–Kier alpha value is -1.38. The van der Waals surface area contributed by atoms with Crippen LogP contribution in [0.15, 0.2) is 18.2 Å². The number of benzene rings is 1. The molecule has 2 rings (SSSR count). The van der Waals surface area contributed by atoms with Crippen molar-refractivity contribution in [1.29, 1.82) is 0 Å². The number of hydrogen-bond donors (Lipinski definition) is 1. The lowest BCUT2D eigenvalue weighted by atomic mass is 9.81. The summed E-state index contributed by atoms with van der Waals surface area (Å²) in [5.41, 5.74) is 1.11. The van der Waals surface area contributed by atoms with E-state index in [-0.39, 0.29) is 0 Å². The number of anilines is 1. The molecule has 0 heterocycles. The van der Waals surface area contributed by atoms with Gasteiger partial charge in [0.2, 0.25) is 0 Å². The zero-order chi connectivity index (χ0) is 14.4. The van der Waals surface area contributed by atoms with Gasteiger partial charge in [0.1, 0.15) is 0 Å². The van der Waals surface area contributed by atoms with Crippen LogP contribution >= 0.6 is 0 Å². The van der Waals surface area contributed by atoms with Crippen LogP contribution in [0.5, 0.6) is 11.5 Å². The molecule has 0 aromatic heterocycles. The summed E-state index contributed by atoms with van der Waals surface area (Å²) in [7, 11) is 0. The van der Waals surface area contributed by atoms with Gasteiger partial charge in [-0.05, 0) is 45.2 Å². The Balaban J connectivity index is 1.97. The van der Waals surface area contributed by atoms with Gasteiger partial charge in [-0.2, -0.15) is 0 Å². The third kappa shape index (κ3) is 4.06. The molecule has 1 atom stereocenters. The quantitative estimate of drug-likeness (QED) is 0.760. The Kier molecular flexibility index (Phi) is 5.57. The van der Waals surface area contributed by atoms with Gasteiger partial charge < -0.3 is 14.8 Å². The molecule has 1 aromatic carbocycles. The molecule has 1 aliphatic rings. The molecule has 0 spiro atoms. The van der Waals surface area contributed by atoms with Gasteiger partial charge in [0.25, 0.3) is 0 Å². The van der Waals surface area contributed by atoms with Crippen LogP contribution in [0.2, 0.25) is 0 Å². The molecule has 1 aromatic rings. The first-order valence-electron chi connectivity index (χ1n) is 7.89. The van der Waals surface area contributed by atoms with Crippen LogP contribution in [0.4, 0.5) is 5.69 Å². The van der Waals surface area contributed by atoms with Crippen LogP contribution in [-0.4, -0.2) is 19.3 Å². The maximum absolute atomic E-state index is 5.66. The summed E-state index contributed by atoms with van der Waals surface area (Å²) in [5, 5.41) is 3.57. The predicted molar refractivity (Wildman–Crippen MR) is 83.8 cm³/mol. The second-order valence-corrected chi connectivity index (χ2v) is 5.61. The summed E-state index contributed by atoms with van der Waals surface area (Å²) < 4.78 is 11.2. The van der Waals surface area contributed by atoms with Crippen LogP contribution in [0.3, 0.4) is 0 Å². The van der Waals surface area contributed by atoms with Crippen molar-refractivity contribution in [2.24, 2.45) is 5.92 Å². The molecule has 112 valence electrons. The van der Waals surface area contributed by atoms with Crippen LogP contribution in [0.1, 0.15) is 46.5 Å². The minimum Gasteiger partial charge on any atom is -0.490 e. The second kappa shape index (κ2) is 7.41. The molecule has 3 nitrogen and oxygen atoms in total. The van der Waals surface area contributed by atoms with E-state index in [9.17, 15) is 0 Å². The molecule has 1 N–H and O–H groups in total. The van der Waals surface area contributed by atoms with Gasteiger partial charge in [-0.1, -0.05) is 19.3 Å². The van der Waals surface area contributed by atoms with E-state index in [4.69, 9.17) is 9.47 Å². The number of hydrogen-bond acceptors (Lipinski definition) is 3. The molecule has 1 fully saturated rings. The summed E-state index contributed by atoms with van der Waals surface area (Å²) in [5.74, 6) is 2.58. The molecule has 0 amide bonds. The van der Waals surface area contributed by atoms with E-state index >= 15 is 0 Å². The van der Waals surface area contributed by atoms with E-state index in [1.54, 1.807) is 0 Å². The van der Waals surface area contributed by atoms with Crippen molar-refractivity contribution in [3.05, 3.63) is 18.2 Å². The maximum atomic E-state index is 5.66. The van der Waals surface area contributed by atoms with Crippen molar-refractivity contribution in [2.45, 2.75) is 52.5 Å². The average molecular weight is 277 g/mol. The molecule has 1 saturated carbocycles. The van der Waals surface area contributed by atoms with Gasteiger partial charge in [0.05, 0.1) is 13.2 Å². The first kappa shape index (κ1) is 15.0. The standard InChI is InChI=1S/C17H27NO2/c1-4-19-16-10-9-15(12-17(16)20-5-2)18-13(3)11-14-7-6-8-14/h9-10,12-14,18H,4-8,11H2,1-3H3. The average Bonchev–Trinajstić information content (AvgIpc) is 2.38. The van der Waals surface area contributed by atoms with Crippen molar-refractivity contribution < 1.29 is 9.47 Å². The zero-order valence-electron chi connectivity index (χ0n) is 12.9. The molecule has 0 saturated heterocycles. The van der Waals surface area contributed by atoms with Gasteiger partial charge in [0.15, 0.2) is 11.5 Å². The van der Waals surface area contributed by atoms with E-state index in [2.05, 4.69) is 18.3 Å². The number of rotatable bonds is 8. The summed E-state index contributed by atoms with van der Waals surface area (Å²) in [6.07, 6.45) is 5.48. The van der Waals surface area contributed by atoms with Gasteiger partial charge in [0, 0.05) is 17.8 Å². The van der Waals surface area contributed by atoms with Crippen LogP contribution in [0, 0.1) is 5.92 Å². The van der Waals surface area contributed by atoms with Gasteiger partial charge in [-0.25, -0.2) is 0 Å². The lowest BCUT2D eigenvalue weighted by Gasteiger charge is -2.29. The van der Waals surface area contributed by atoms with E-state index in [1.807, 2.05) is 26.0 Å². The van der Waals surface area contributed by atoms with Gasteiger partial charge in [-0.3, -0.25) is 0 Å². The van der Waals surface area contributed by atoms with Crippen molar-refractivity contribution in [1.82, 2.24) is 0 Å². The fourth-order valence-electron chi connectivity index (χ4n) is 2.71. The van der Waals surface area contributed by atoms with E-state index in [0.29, 0.717) is 19.3 Å². The van der Waals surface area contributed by atoms with E-state index in [0.717, 1.165) is 23.1 Å². The Bertz CT molecular complexity index is 415. The molecule has 0 radical (unpaired) electrons. The Morgan fingerprint density at radius 3 is 2.45 bits per heavy atom. The molecule has 20 heavy (non-hydrogen) atoms. The normalized spacial score (nSPS) is 16.4. The van der Waals surface area contributed by atoms with Gasteiger partial charge >= 0.3 is 0 Å². The fourth-order valence-corrected chi connectivity index (χ4v) is 2.71. The molecule has 1 unspecified atom stereocenters. The lowest BCUT2D eigenvalue weighted by molar-refractivity contribution is 0.285. The van der Waals surface area contributed by atoms with Crippen LogP contribution in [0.25, 0.3) is 0 Å². The monoisotopic (exact) mass is 277 g/mol. The minimum atomic E-state index is 0.507. The van der Waals surface area contributed by atoms with Gasteiger partial charge in [-0.15, -0.1) is 0 Å². The SMILES string of the molecule is CCOc1ccc(NC(C)CC2CCC2)cc1OCC. The summed E-state index contributed by atoms with van der Waals surface area (Å²) in [6.45, 7) is 7.55. The Morgan fingerprint density at radius 2 is 1.85 bits per heavy atom. The highest BCUT2D eigenvalue weighted by Gasteiger charge is 2.20. The van der Waals surface area contributed by atoms with E-state index < -0.39 is 0 Å². The molecular weight excluding hydrogens is 250 g/mol. The largest absolute Gasteiger partial charge is 0.490 e. The Labute approximate surface area is 122 Å². The van der Waals surface area contributed by atoms with Crippen LogP contribution < -0.4 is 14.8 Å². The first-order valence-corrected chi connectivity index (χ1v) is 7.89. The Morgan fingerprint density at radius 1 is 1.15 bits per heavy atom. The van der Waals surface area contributed by atoms with Crippen molar-refractivity contribution in [3.8, 4) is 11.5 Å². The lowest BCUT2D eigenvalue weighted by Crippen LogP contribution is -2.23. The van der Waals surface area contributed by atoms with Crippen molar-refractivity contribution in [3.63, 3.8) is 0 Å². The zero-order valence-corrected chi connectivity index (χ0v) is 12.9. The molecule has 0 bridgehead atoms. The summed E-state index contributed by atoms with van der Waals surface area (Å²) >= 11 is 0. The van der Waals surface area contributed by atoms with Crippen molar-refractivity contribution >= 4 is 5.69 Å². The third-order valence-electron chi connectivity index (χ3n) is 3.87. The fraction of sp³-hybridized carbons (Fsp3) is 0.647. The molecular formula is C17H27NO2. The van der Waals surface area contributed by atoms with E-state index in [1.165, 1.54) is 25.7 Å². The number of ether oxygens (including phenoxy) is 2. The molecule has 0 aliphatic heterocycles. The minimum absolute atomic E-state index is 0.507. The second-order valence-electron chi connectivity index (χ2n) is 5.61. The highest BCUT2D eigenvalue weighted by molar-refractivity contribution is 5.55. The maximum Gasteiger partial charge on any atom is 0.163 e. The molecule has 3 heteroatoms. The summed E-state index contributed by atoms with van der Waals surface area (Å²) in [6, 6.07) is 6.62. The summed E-state index contributed by atoms with van der Waals surface area (Å²) in [4.78, 5) is 0. The van der Waals surface area contributed by atoms with Crippen molar-refractivity contribution in [2.75, 3.05) is 18.5 Å². The highest BCUT2D eigenvalue weighted by atomic mass is 16.5. The molecule has 1 aliphatic carbocycles. The smallest absolute Gasteiger partial charge is 0.163 e. The topological polar surface area (TPSA) is 30.5 Å². The first-order chi connectivity index (χ1) is 9.72. The number of nitrogens with one attached hydrogen (secondary N) is 1. The predicted octanol–water partition coefficient (Wildman–Crippen LogP) is 4.47. The van der Waals surface area contributed by atoms with Crippen LogP contribution in [-0.2, 0) is 0 Å². The third-order valence-corrected chi connectivity index (χ3v) is 3.87.